The van der Waals surface area contributed by atoms with Gasteiger partial charge in [0, 0.05) is 16.6 Å². The second-order valence-electron chi connectivity index (χ2n) is 3.87. The summed E-state index contributed by atoms with van der Waals surface area (Å²) in [7, 11) is 0. The lowest BCUT2D eigenvalue weighted by atomic mass is 10.3. The summed E-state index contributed by atoms with van der Waals surface area (Å²) in [6.45, 7) is 6.45. The van der Waals surface area contributed by atoms with Crippen LogP contribution in [0.5, 0.6) is 0 Å². The van der Waals surface area contributed by atoms with Gasteiger partial charge in [-0.3, -0.25) is 4.79 Å². The van der Waals surface area contributed by atoms with Crippen LogP contribution in [-0.4, -0.2) is 9.55 Å². The zero-order chi connectivity index (χ0) is 11.7. The molecule has 0 radical (unpaired) electrons. The molecule has 0 aliphatic rings. The van der Waals surface area contributed by atoms with E-state index in [9.17, 15) is 4.79 Å². The van der Waals surface area contributed by atoms with Gasteiger partial charge in [0.05, 0.1) is 12.2 Å². The number of hydrogen-bond acceptors (Lipinski definition) is 3. The maximum absolute atomic E-state index is 11.8. The Morgan fingerprint density at radius 2 is 2.12 bits per heavy atom. The summed E-state index contributed by atoms with van der Waals surface area (Å²) in [5.74, 6) is 0. The molecular weight excluding hydrogens is 220 g/mol. The number of rotatable bonds is 2. The minimum atomic E-state index is 0.0630. The standard InChI is InChI=1S/C12H14N2OS/c1-8-5-4-6-14(12(8)15)7-11-13-9(2)10(3)16-11/h4-6H,7H2,1-3H3. The SMILES string of the molecule is Cc1nc(Cn2cccc(C)c2=O)sc1C. The van der Waals surface area contributed by atoms with Crippen LogP contribution < -0.4 is 5.56 Å². The van der Waals surface area contributed by atoms with Crippen molar-refractivity contribution >= 4 is 11.3 Å². The highest BCUT2D eigenvalue weighted by Crippen LogP contribution is 2.16. The molecule has 2 aromatic rings. The minimum absolute atomic E-state index is 0.0630. The largest absolute Gasteiger partial charge is 0.308 e. The molecule has 0 saturated heterocycles. The van der Waals surface area contributed by atoms with Crippen LogP contribution in [0.1, 0.15) is 21.1 Å². The molecule has 0 aliphatic heterocycles. The van der Waals surface area contributed by atoms with Gasteiger partial charge in [-0.1, -0.05) is 6.07 Å². The Labute approximate surface area is 98.4 Å². The van der Waals surface area contributed by atoms with Crippen LogP contribution in [0.25, 0.3) is 0 Å². The lowest BCUT2D eigenvalue weighted by Crippen LogP contribution is -2.21. The highest BCUT2D eigenvalue weighted by Gasteiger charge is 2.05. The average Bonchev–Trinajstić information content (AvgIpc) is 2.54. The maximum atomic E-state index is 11.8. The predicted octanol–water partition coefficient (Wildman–Crippen LogP) is 2.28. The van der Waals surface area contributed by atoms with Gasteiger partial charge in [0.25, 0.3) is 5.56 Å². The zero-order valence-corrected chi connectivity index (χ0v) is 10.5. The van der Waals surface area contributed by atoms with Crippen molar-refractivity contribution in [2.24, 2.45) is 0 Å². The van der Waals surface area contributed by atoms with Crippen LogP contribution in [0.15, 0.2) is 23.1 Å². The Morgan fingerprint density at radius 1 is 1.38 bits per heavy atom. The van der Waals surface area contributed by atoms with Crippen molar-refractivity contribution in [1.82, 2.24) is 9.55 Å². The molecule has 84 valence electrons. The average molecular weight is 234 g/mol. The van der Waals surface area contributed by atoms with E-state index in [0.29, 0.717) is 6.54 Å². The monoisotopic (exact) mass is 234 g/mol. The molecule has 2 heterocycles. The molecule has 0 bridgehead atoms. The first kappa shape index (κ1) is 11.1. The van der Waals surface area contributed by atoms with Crippen molar-refractivity contribution in [3.8, 4) is 0 Å². The maximum Gasteiger partial charge on any atom is 0.253 e. The van der Waals surface area contributed by atoms with Crippen molar-refractivity contribution in [1.29, 1.82) is 0 Å². The van der Waals surface area contributed by atoms with Gasteiger partial charge in [-0.05, 0) is 26.8 Å². The summed E-state index contributed by atoms with van der Waals surface area (Å²) in [6.07, 6.45) is 1.81. The van der Waals surface area contributed by atoms with E-state index in [0.717, 1.165) is 16.3 Å². The molecule has 0 fully saturated rings. The van der Waals surface area contributed by atoms with E-state index < -0.39 is 0 Å². The van der Waals surface area contributed by atoms with Gasteiger partial charge in [-0.25, -0.2) is 4.98 Å². The van der Waals surface area contributed by atoms with Crippen molar-refractivity contribution in [2.45, 2.75) is 27.3 Å². The molecular formula is C12H14N2OS. The molecule has 2 aromatic heterocycles. The lowest BCUT2D eigenvalue weighted by Gasteiger charge is -2.03. The van der Waals surface area contributed by atoms with E-state index in [4.69, 9.17) is 0 Å². The third-order valence-corrected chi connectivity index (χ3v) is 3.65. The van der Waals surface area contributed by atoms with Crippen LogP contribution in [0.2, 0.25) is 0 Å². The fraction of sp³-hybridized carbons (Fsp3) is 0.333. The topological polar surface area (TPSA) is 34.9 Å². The fourth-order valence-corrected chi connectivity index (χ4v) is 2.47. The Kier molecular flexibility index (Phi) is 2.92. The summed E-state index contributed by atoms with van der Waals surface area (Å²) in [6, 6.07) is 3.72. The minimum Gasteiger partial charge on any atom is -0.308 e. The molecule has 0 aliphatic carbocycles. The van der Waals surface area contributed by atoms with Gasteiger partial charge in [-0.2, -0.15) is 0 Å². The summed E-state index contributed by atoms with van der Waals surface area (Å²) in [5.41, 5.74) is 1.89. The quantitative estimate of drug-likeness (QED) is 0.799. The molecule has 0 atom stereocenters. The Morgan fingerprint density at radius 3 is 2.75 bits per heavy atom. The number of aromatic nitrogens is 2. The van der Waals surface area contributed by atoms with E-state index in [1.54, 1.807) is 22.1 Å². The molecule has 0 amide bonds. The third kappa shape index (κ3) is 2.07. The molecule has 3 nitrogen and oxygen atoms in total. The summed E-state index contributed by atoms with van der Waals surface area (Å²) < 4.78 is 1.70. The van der Waals surface area contributed by atoms with E-state index in [2.05, 4.69) is 11.9 Å². The number of aryl methyl sites for hydroxylation is 3. The van der Waals surface area contributed by atoms with E-state index in [-0.39, 0.29) is 5.56 Å². The molecule has 0 unspecified atom stereocenters. The molecule has 0 N–H and O–H groups in total. The molecule has 0 aromatic carbocycles. The van der Waals surface area contributed by atoms with Gasteiger partial charge in [0.2, 0.25) is 0 Å². The van der Waals surface area contributed by atoms with Gasteiger partial charge in [0.1, 0.15) is 5.01 Å². The Bertz CT molecular complexity index is 549. The van der Waals surface area contributed by atoms with E-state index in [1.807, 2.05) is 26.0 Å². The van der Waals surface area contributed by atoms with Gasteiger partial charge >= 0.3 is 0 Å². The van der Waals surface area contributed by atoms with Crippen molar-refractivity contribution in [3.05, 3.63) is 49.8 Å². The van der Waals surface area contributed by atoms with Gasteiger partial charge in [-0.15, -0.1) is 11.3 Å². The van der Waals surface area contributed by atoms with E-state index >= 15 is 0 Å². The number of pyridine rings is 1. The van der Waals surface area contributed by atoms with Gasteiger partial charge < -0.3 is 4.57 Å². The summed E-state index contributed by atoms with van der Waals surface area (Å²) >= 11 is 1.65. The second kappa shape index (κ2) is 4.22. The first-order valence-electron chi connectivity index (χ1n) is 5.17. The first-order valence-corrected chi connectivity index (χ1v) is 5.98. The van der Waals surface area contributed by atoms with Crippen molar-refractivity contribution in [3.63, 3.8) is 0 Å². The smallest absolute Gasteiger partial charge is 0.253 e. The van der Waals surface area contributed by atoms with E-state index in [1.165, 1.54) is 4.88 Å². The predicted molar refractivity (Wildman–Crippen MR) is 66.1 cm³/mol. The number of hydrogen-bond donors (Lipinski definition) is 0. The third-order valence-electron chi connectivity index (χ3n) is 2.59. The Balaban J connectivity index is 2.34. The lowest BCUT2D eigenvalue weighted by molar-refractivity contribution is 0.745. The van der Waals surface area contributed by atoms with Crippen molar-refractivity contribution < 1.29 is 0 Å². The molecule has 4 heteroatoms. The van der Waals surface area contributed by atoms with Crippen molar-refractivity contribution in [2.75, 3.05) is 0 Å². The van der Waals surface area contributed by atoms with Crippen LogP contribution in [0.3, 0.4) is 0 Å². The number of thiazole rings is 1. The highest BCUT2D eigenvalue weighted by molar-refractivity contribution is 7.11. The summed E-state index contributed by atoms with van der Waals surface area (Å²) in [4.78, 5) is 17.5. The van der Waals surface area contributed by atoms with Crippen LogP contribution in [0.4, 0.5) is 0 Å². The molecule has 2 rings (SSSR count). The zero-order valence-electron chi connectivity index (χ0n) is 9.65. The molecule has 0 spiro atoms. The first-order chi connectivity index (χ1) is 7.58. The highest BCUT2D eigenvalue weighted by atomic mass is 32.1. The Hall–Kier alpha value is -1.42. The second-order valence-corrected chi connectivity index (χ2v) is 5.16. The van der Waals surface area contributed by atoms with Gasteiger partial charge in [0.15, 0.2) is 0 Å². The van der Waals surface area contributed by atoms with Crippen LogP contribution >= 0.6 is 11.3 Å². The molecule has 0 saturated carbocycles. The van der Waals surface area contributed by atoms with Crippen LogP contribution in [-0.2, 0) is 6.54 Å². The summed E-state index contributed by atoms with van der Waals surface area (Å²) in [5, 5.41) is 0.989. The molecule has 16 heavy (non-hydrogen) atoms. The normalized spacial score (nSPS) is 10.7. The van der Waals surface area contributed by atoms with Crippen LogP contribution in [0, 0.1) is 20.8 Å². The number of nitrogens with zero attached hydrogens (tertiary/aromatic N) is 2. The fourth-order valence-electron chi connectivity index (χ4n) is 1.53.